The molecule has 0 aliphatic carbocycles. The molecule has 0 fully saturated rings. The molecule has 1 aromatic carbocycles. The quantitative estimate of drug-likeness (QED) is 0.316. The second-order valence-corrected chi connectivity index (χ2v) is 11.0. The fraction of sp³-hybridized carbons (Fsp3) is 0.321. The zero-order chi connectivity index (χ0) is 25.4. The molecule has 1 aliphatic heterocycles. The molecule has 36 heavy (non-hydrogen) atoms. The van der Waals surface area contributed by atoms with Gasteiger partial charge in [0.25, 0.3) is 5.56 Å². The zero-order valence-corrected chi connectivity index (χ0v) is 22.5. The van der Waals surface area contributed by atoms with E-state index in [2.05, 4.69) is 43.7 Å². The third-order valence-corrected chi connectivity index (χ3v) is 8.23. The molecule has 0 saturated carbocycles. The van der Waals surface area contributed by atoms with Crippen molar-refractivity contribution in [3.8, 4) is 0 Å². The van der Waals surface area contributed by atoms with Crippen LogP contribution in [0, 0.1) is 0 Å². The Kier molecular flexibility index (Phi) is 6.81. The number of hydrogen-bond acceptors (Lipinski definition) is 6. The number of carbonyl (C=O) groups excluding carboxylic acids is 1. The molecular weight excluding hydrogens is 490 g/mol. The molecule has 0 radical (unpaired) electrons. The number of nitrogens with zero attached hydrogens (tertiary/aromatic N) is 3. The normalized spacial score (nSPS) is 16.0. The van der Waals surface area contributed by atoms with Crippen LogP contribution in [-0.2, 0) is 9.53 Å². The number of allylic oxidation sites excluding steroid dienone is 1. The van der Waals surface area contributed by atoms with E-state index in [-0.39, 0.29) is 12.2 Å². The monoisotopic (exact) mass is 519 g/mol. The van der Waals surface area contributed by atoms with Crippen molar-refractivity contribution in [1.82, 2.24) is 9.13 Å². The SMILES string of the molecule is CCCC1=C(C(=O)OCC)[C@H](c2cccs2)n2c(s/c(=C\c3cn(C(C)C)c4ccccc34)c2=O)=N1. The van der Waals surface area contributed by atoms with E-state index < -0.39 is 12.0 Å². The van der Waals surface area contributed by atoms with Crippen molar-refractivity contribution < 1.29 is 9.53 Å². The van der Waals surface area contributed by atoms with Crippen molar-refractivity contribution in [3.05, 3.63) is 89.4 Å². The van der Waals surface area contributed by atoms with E-state index in [0.717, 1.165) is 27.8 Å². The van der Waals surface area contributed by atoms with Crippen LogP contribution in [0.25, 0.3) is 17.0 Å². The van der Waals surface area contributed by atoms with Crippen LogP contribution in [0.2, 0.25) is 0 Å². The molecule has 3 aromatic heterocycles. The summed E-state index contributed by atoms with van der Waals surface area (Å²) < 4.78 is 9.95. The summed E-state index contributed by atoms with van der Waals surface area (Å²) in [5.74, 6) is -0.405. The standard InChI is InChI=1S/C28H29N3O3S2/c1-5-10-20-24(27(33)34-6-2)25(22-13-9-14-35-22)31-26(32)23(36-28(31)29-20)15-18-16-30(17(3)4)21-12-8-7-11-19(18)21/h7-9,11-17,25H,5-6,10H2,1-4H3/b23-15-/t25-/m0/s1. The lowest BCUT2D eigenvalue weighted by molar-refractivity contribution is -0.139. The highest BCUT2D eigenvalue weighted by Gasteiger charge is 2.34. The molecule has 0 saturated heterocycles. The number of thiophene rings is 1. The van der Waals surface area contributed by atoms with Crippen LogP contribution in [0.3, 0.4) is 0 Å². The van der Waals surface area contributed by atoms with E-state index in [0.29, 0.717) is 33.1 Å². The number of esters is 1. The maximum Gasteiger partial charge on any atom is 0.338 e. The topological polar surface area (TPSA) is 65.6 Å². The van der Waals surface area contributed by atoms with Crippen LogP contribution >= 0.6 is 22.7 Å². The first kappa shape index (κ1) is 24.5. The first-order valence-corrected chi connectivity index (χ1v) is 14.0. The average molecular weight is 520 g/mol. The number of fused-ring (bicyclic) bond motifs is 2. The summed E-state index contributed by atoms with van der Waals surface area (Å²) in [6, 6.07) is 11.9. The Balaban J connectivity index is 1.76. The van der Waals surface area contributed by atoms with E-state index in [1.54, 1.807) is 11.5 Å². The molecule has 1 atom stereocenters. The maximum atomic E-state index is 13.9. The Morgan fingerprint density at radius 1 is 1.19 bits per heavy atom. The second-order valence-electron chi connectivity index (χ2n) is 9.03. The number of carbonyl (C=O) groups is 1. The van der Waals surface area contributed by atoms with Crippen molar-refractivity contribution in [2.75, 3.05) is 6.61 Å². The van der Waals surface area contributed by atoms with Gasteiger partial charge in [-0.25, -0.2) is 9.79 Å². The molecule has 4 heterocycles. The van der Waals surface area contributed by atoms with Crippen molar-refractivity contribution in [2.24, 2.45) is 4.99 Å². The number of para-hydroxylation sites is 1. The van der Waals surface area contributed by atoms with Gasteiger partial charge in [-0.3, -0.25) is 9.36 Å². The van der Waals surface area contributed by atoms with Crippen LogP contribution < -0.4 is 14.9 Å². The lowest BCUT2D eigenvalue weighted by Gasteiger charge is -2.24. The Morgan fingerprint density at radius 2 is 2.00 bits per heavy atom. The molecule has 0 spiro atoms. The van der Waals surface area contributed by atoms with Gasteiger partial charge in [-0.2, -0.15) is 0 Å². The van der Waals surface area contributed by atoms with Crippen LogP contribution in [-0.4, -0.2) is 21.7 Å². The van der Waals surface area contributed by atoms with Gasteiger partial charge in [-0.05, 0) is 50.8 Å². The van der Waals surface area contributed by atoms with Gasteiger partial charge in [0.2, 0.25) is 0 Å². The zero-order valence-electron chi connectivity index (χ0n) is 20.9. The van der Waals surface area contributed by atoms with E-state index in [4.69, 9.17) is 9.73 Å². The van der Waals surface area contributed by atoms with Crippen molar-refractivity contribution >= 4 is 45.6 Å². The predicted molar refractivity (Wildman–Crippen MR) is 146 cm³/mol. The van der Waals surface area contributed by atoms with Gasteiger partial charge in [0.1, 0.15) is 6.04 Å². The molecule has 5 rings (SSSR count). The molecule has 4 aromatic rings. The van der Waals surface area contributed by atoms with E-state index in [9.17, 15) is 9.59 Å². The maximum absolute atomic E-state index is 13.9. The minimum absolute atomic E-state index is 0.143. The van der Waals surface area contributed by atoms with Crippen molar-refractivity contribution in [2.45, 2.75) is 52.6 Å². The summed E-state index contributed by atoms with van der Waals surface area (Å²) in [5, 5.41) is 3.07. The second kappa shape index (κ2) is 10.0. The van der Waals surface area contributed by atoms with E-state index in [1.807, 2.05) is 35.7 Å². The Morgan fingerprint density at radius 3 is 2.69 bits per heavy atom. The molecule has 1 aliphatic rings. The molecule has 0 amide bonds. The summed E-state index contributed by atoms with van der Waals surface area (Å²) >= 11 is 2.91. The summed E-state index contributed by atoms with van der Waals surface area (Å²) in [7, 11) is 0. The molecule has 0 unspecified atom stereocenters. The number of thiazole rings is 1. The Bertz CT molecular complexity index is 1640. The highest BCUT2D eigenvalue weighted by Crippen LogP contribution is 2.34. The molecule has 0 bridgehead atoms. The number of aromatic nitrogens is 2. The minimum atomic E-state index is -0.541. The van der Waals surface area contributed by atoms with Crippen LogP contribution in [0.4, 0.5) is 0 Å². The van der Waals surface area contributed by atoms with Gasteiger partial charge >= 0.3 is 5.97 Å². The molecule has 186 valence electrons. The fourth-order valence-electron chi connectivity index (χ4n) is 4.75. The highest BCUT2D eigenvalue weighted by molar-refractivity contribution is 7.10. The number of hydrogen-bond donors (Lipinski definition) is 0. The smallest absolute Gasteiger partial charge is 0.338 e. The number of ether oxygens (including phenoxy) is 1. The van der Waals surface area contributed by atoms with Gasteiger partial charge < -0.3 is 9.30 Å². The largest absolute Gasteiger partial charge is 0.463 e. The Labute approximate surface area is 217 Å². The van der Waals surface area contributed by atoms with Gasteiger partial charge in [0.15, 0.2) is 4.80 Å². The Hall–Kier alpha value is -3.23. The average Bonchev–Trinajstić information content (AvgIpc) is 3.58. The predicted octanol–water partition coefficient (Wildman–Crippen LogP) is 5.18. The third-order valence-electron chi connectivity index (χ3n) is 6.32. The van der Waals surface area contributed by atoms with E-state index in [1.165, 1.54) is 22.7 Å². The van der Waals surface area contributed by atoms with Crippen LogP contribution in [0.5, 0.6) is 0 Å². The van der Waals surface area contributed by atoms with Crippen LogP contribution in [0.1, 0.15) is 63.1 Å². The minimum Gasteiger partial charge on any atom is -0.463 e. The van der Waals surface area contributed by atoms with Crippen LogP contribution in [0.15, 0.2) is 69.0 Å². The molecular formula is C28H29N3O3S2. The molecule has 0 N–H and O–H groups in total. The van der Waals surface area contributed by atoms with Crippen molar-refractivity contribution in [1.29, 1.82) is 0 Å². The number of rotatable bonds is 7. The summed E-state index contributed by atoms with van der Waals surface area (Å²) in [4.78, 5) is 33.4. The number of benzene rings is 1. The summed E-state index contributed by atoms with van der Waals surface area (Å²) in [5.41, 5.74) is 3.17. The van der Waals surface area contributed by atoms with Gasteiger partial charge in [-0.15, -0.1) is 11.3 Å². The first-order chi connectivity index (χ1) is 17.4. The summed E-state index contributed by atoms with van der Waals surface area (Å²) in [6.07, 6.45) is 5.55. The first-order valence-electron chi connectivity index (χ1n) is 12.3. The lowest BCUT2D eigenvalue weighted by atomic mass is 9.99. The lowest BCUT2D eigenvalue weighted by Crippen LogP contribution is -2.39. The summed E-state index contributed by atoms with van der Waals surface area (Å²) in [6.45, 7) is 8.42. The van der Waals surface area contributed by atoms with E-state index >= 15 is 0 Å². The molecule has 6 nitrogen and oxygen atoms in total. The van der Waals surface area contributed by atoms with Gasteiger partial charge in [0, 0.05) is 33.6 Å². The van der Waals surface area contributed by atoms with Gasteiger partial charge in [-0.1, -0.05) is 48.9 Å². The highest BCUT2D eigenvalue weighted by atomic mass is 32.1. The fourth-order valence-corrected chi connectivity index (χ4v) is 6.59. The van der Waals surface area contributed by atoms with Gasteiger partial charge in [0.05, 0.1) is 22.4 Å². The third kappa shape index (κ3) is 4.18. The molecule has 8 heteroatoms. The van der Waals surface area contributed by atoms with Crippen molar-refractivity contribution in [3.63, 3.8) is 0 Å².